The molecule has 46 valence electrons. The fourth-order valence-electron chi connectivity index (χ4n) is 0.632. The Morgan fingerprint density at radius 3 is 1.88 bits per heavy atom. The lowest BCUT2D eigenvalue weighted by molar-refractivity contribution is 0.428. The average Bonchev–Trinajstić information content (AvgIpc) is 2.63. The molecule has 2 heterocycles. The molecule has 0 aromatic heterocycles. The van der Waals surface area contributed by atoms with E-state index in [1.165, 1.54) is 0 Å². The van der Waals surface area contributed by atoms with Crippen LogP contribution in [-0.2, 0) is 14.0 Å². The molecule has 2 unspecified atom stereocenters. The van der Waals surface area contributed by atoms with Gasteiger partial charge in [-0.05, 0) is 0 Å². The number of epoxide rings is 2. The van der Waals surface area contributed by atoms with Gasteiger partial charge in [0.1, 0.15) is 19.5 Å². The van der Waals surface area contributed by atoms with Crippen LogP contribution >= 0.6 is 7.80 Å². The van der Waals surface area contributed by atoms with Crippen LogP contribution in [0.1, 0.15) is 0 Å². The Labute approximate surface area is 47.8 Å². The van der Waals surface area contributed by atoms with Gasteiger partial charge >= 0.3 is 0 Å². The summed E-state index contributed by atoms with van der Waals surface area (Å²) in [5.74, 6) is 0.153. The number of hydrogen-bond donors (Lipinski definition) is 0. The molecule has 2 aliphatic heterocycles. The molecule has 0 bridgehead atoms. The molecule has 4 heteroatoms. The molecule has 0 aromatic carbocycles. The first-order valence-corrected chi connectivity index (χ1v) is 4.21. The molecule has 0 N–H and O–H groups in total. The summed E-state index contributed by atoms with van der Waals surface area (Å²) in [5, 5.41) is 0. The van der Waals surface area contributed by atoms with E-state index in [-0.39, 0.29) is 11.7 Å². The van der Waals surface area contributed by atoms with Crippen LogP contribution in [0.4, 0.5) is 0 Å². The third-order valence-electron chi connectivity index (χ3n) is 1.30. The number of rotatable bonds is 2. The van der Waals surface area contributed by atoms with Gasteiger partial charge in [-0.25, -0.2) is 0 Å². The molecule has 0 spiro atoms. The minimum atomic E-state index is -1.50. The van der Waals surface area contributed by atoms with Crippen LogP contribution < -0.4 is 0 Å². The smallest absolute Gasteiger partial charge is 0.135 e. The number of hydrogen-bond acceptors (Lipinski definition) is 3. The Morgan fingerprint density at radius 2 is 1.62 bits per heavy atom. The first kappa shape index (κ1) is 4.98. The van der Waals surface area contributed by atoms with Crippen molar-refractivity contribution in [2.24, 2.45) is 0 Å². The highest BCUT2D eigenvalue weighted by Gasteiger charge is 2.41. The summed E-state index contributed by atoms with van der Waals surface area (Å²) in [6.07, 6.45) is 0. The lowest BCUT2D eigenvalue weighted by Crippen LogP contribution is -1.80. The molecule has 2 atom stereocenters. The summed E-state index contributed by atoms with van der Waals surface area (Å²) in [6, 6.07) is 0. The van der Waals surface area contributed by atoms with Gasteiger partial charge in [0.05, 0.1) is 13.2 Å². The van der Waals surface area contributed by atoms with Crippen LogP contribution in [0.5, 0.6) is 0 Å². The molecular formula is C4H7O3P. The lowest BCUT2D eigenvalue weighted by Gasteiger charge is -1.84. The van der Waals surface area contributed by atoms with Gasteiger partial charge in [-0.1, -0.05) is 0 Å². The van der Waals surface area contributed by atoms with Crippen molar-refractivity contribution in [2.45, 2.75) is 11.7 Å². The van der Waals surface area contributed by atoms with Crippen molar-refractivity contribution in [3.63, 3.8) is 0 Å². The first-order valence-electron chi connectivity index (χ1n) is 2.65. The van der Waals surface area contributed by atoms with Gasteiger partial charge in [-0.15, -0.1) is 0 Å². The van der Waals surface area contributed by atoms with Gasteiger partial charge in [0, 0.05) is 0 Å². The van der Waals surface area contributed by atoms with Crippen molar-refractivity contribution in [1.29, 1.82) is 0 Å². The Hall–Kier alpha value is 0.150. The summed E-state index contributed by atoms with van der Waals surface area (Å²) in [7, 11) is -1.50. The van der Waals surface area contributed by atoms with Crippen LogP contribution in [0.3, 0.4) is 0 Å². The molecule has 3 nitrogen and oxygen atoms in total. The van der Waals surface area contributed by atoms with Crippen molar-refractivity contribution in [3.05, 3.63) is 0 Å². The molecule has 0 aromatic rings. The van der Waals surface area contributed by atoms with Crippen LogP contribution in [0.15, 0.2) is 0 Å². The monoisotopic (exact) mass is 134 g/mol. The normalized spacial score (nSPS) is 46.0. The quantitative estimate of drug-likeness (QED) is 0.401. The second-order valence-corrected chi connectivity index (χ2v) is 4.14. The minimum absolute atomic E-state index is 0.0764. The zero-order valence-corrected chi connectivity index (χ0v) is 5.29. The molecule has 2 aliphatic rings. The maximum absolute atomic E-state index is 10.9. The molecule has 2 rings (SSSR count). The molecule has 0 aliphatic carbocycles. The van der Waals surface area contributed by atoms with Gasteiger partial charge in [-0.2, -0.15) is 0 Å². The fourth-order valence-corrected chi connectivity index (χ4v) is 1.90. The van der Waals surface area contributed by atoms with E-state index in [0.717, 1.165) is 0 Å². The van der Waals surface area contributed by atoms with Crippen LogP contribution in [0.2, 0.25) is 0 Å². The van der Waals surface area contributed by atoms with Crippen LogP contribution in [0.25, 0.3) is 0 Å². The van der Waals surface area contributed by atoms with E-state index in [1.807, 2.05) is 0 Å². The van der Waals surface area contributed by atoms with Gasteiger partial charge < -0.3 is 14.0 Å². The predicted octanol–water partition coefficient (Wildman–Crippen LogP) is 0.259. The Balaban J connectivity index is 1.93. The van der Waals surface area contributed by atoms with Crippen molar-refractivity contribution in [2.75, 3.05) is 13.2 Å². The molecule has 0 amide bonds. The third-order valence-corrected chi connectivity index (χ3v) is 3.24. The van der Waals surface area contributed by atoms with E-state index in [2.05, 4.69) is 0 Å². The maximum Gasteiger partial charge on any atom is 0.135 e. The molecule has 0 saturated carbocycles. The largest absolute Gasteiger partial charge is 0.365 e. The Kier molecular flexibility index (Phi) is 0.973. The lowest BCUT2D eigenvalue weighted by atomic mass is 11.0. The van der Waals surface area contributed by atoms with E-state index >= 15 is 0 Å². The topological polar surface area (TPSA) is 42.1 Å². The van der Waals surface area contributed by atoms with Gasteiger partial charge in [0.25, 0.3) is 0 Å². The summed E-state index contributed by atoms with van der Waals surface area (Å²) in [5.41, 5.74) is 0. The predicted molar refractivity (Wildman–Crippen MR) is 28.5 cm³/mol. The van der Waals surface area contributed by atoms with Gasteiger partial charge in [0.2, 0.25) is 0 Å². The third kappa shape index (κ3) is 0.815. The average molecular weight is 134 g/mol. The molecule has 8 heavy (non-hydrogen) atoms. The molecular weight excluding hydrogens is 127 g/mol. The number of ether oxygens (including phenoxy) is 2. The fraction of sp³-hybridized carbons (Fsp3) is 1.00. The van der Waals surface area contributed by atoms with Crippen molar-refractivity contribution in [1.82, 2.24) is 0 Å². The van der Waals surface area contributed by atoms with Crippen molar-refractivity contribution >= 4 is 7.80 Å². The zero-order chi connectivity index (χ0) is 5.56. The van der Waals surface area contributed by atoms with E-state index in [0.29, 0.717) is 13.2 Å². The van der Waals surface area contributed by atoms with E-state index in [1.54, 1.807) is 0 Å². The van der Waals surface area contributed by atoms with Crippen molar-refractivity contribution < 1.29 is 14.0 Å². The standard InChI is InChI=1S/C4H7O3P/c5-8(3-1-6-3)4-2-7-4/h3-4,8H,1-2H2. The van der Waals surface area contributed by atoms with E-state index < -0.39 is 7.80 Å². The zero-order valence-electron chi connectivity index (χ0n) is 4.29. The molecule has 2 fully saturated rings. The van der Waals surface area contributed by atoms with Gasteiger partial charge in [0.15, 0.2) is 0 Å². The maximum atomic E-state index is 10.9. The highest BCUT2D eigenvalue weighted by atomic mass is 31.1. The van der Waals surface area contributed by atoms with Crippen LogP contribution in [0, 0.1) is 0 Å². The molecule has 0 radical (unpaired) electrons. The summed E-state index contributed by atoms with van der Waals surface area (Å²) in [6.45, 7) is 1.38. The van der Waals surface area contributed by atoms with Crippen LogP contribution in [-0.4, -0.2) is 24.9 Å². The SMILES string of the molecule is O=[PH](C1CO1)C1CO1. The van der Waals surface area contributed by atoms with E-state index in [4.69, 9.17) is 9.47 Å². The van der Waals surface area contributed by atoms with Crippen molar-refractivity contribution in [3.8, 4) is 0 Å². The first-order chi connectivity index (χ1) is 3.88. The minimum Gasteiger partial charge on any atom is -0.365 e. The summed E-state index contributed by atoms with van der Waals surface area (Å²) < 4.78 is 20.6. The summed E-state index contributed by atoms with van der Waals surface area (Å²) in [4.78, 5) is 0. The second kappa shape index (κ2) is 1.56. The van der Waals surface area contributed by atoms with Gasteiger partial charge in [-0.3, -0.25) is 0 Å². The summed E-state index contributed by atoms with van der Waals surface area (Å²) >= 11 is 0. The Bertz CT molecular complexity index is 113. The highest BCUT2D eigenvalue weighted by molar-refractivity contribution is 7.46. The van der Waals surface area contributed by atoms with E-state index in [9.17, 15) is 4.57 Å². The Morgan fingerprint density at radius 1 is 1.25 bits per heavy atom. The highest BCUT2D eigenvalue weighted by Crippen LogP contribution is 2.47. The second-order valence-electron chi connectivity index (χ2n) is 2.05. The molecule has 2 saturated heterocycles.